The monoisotopic (exact) mass is 277 g/mol. The lowest BCUT2D eigenvalue weighted by atomic mass is 10.2. The van der Waals surface area contributed by atoms with E-state index >= 15 is 0 Å². The van der Waals surface area contributed by atoms with E-state index in [1.807, 2.05) is 0 Å². The fourth-order valence-electron chi connectivity index (χ4n) is 1.05. The highest BCUT2D eigenvalue weighted by molar-refractivity contribution is 7.80. The van der Waals surface area contributed by atoms with Crippen LogP contribution in [0.25, 0.3) is 0 Å². The van der Waals surface area contributed by atoms with Crippen molar-refractivity contribution < 1.29 is 19.4 Å². The van der Waals surface area contributed by atoms with Gasteiger partial charge in [-0.3, -0.25) is 0 Å². The molecule has 7 nitrogen and oxygen atoms in total. The minimum atomic E-state index is -1.15. The first-order chi connectivity index (χ1) is 8.11. The molecule has 1 unspecified atom stereocenters. The molecule has 0 aliphatic heterocycles. The lowest BCUT2D eigenvalue weighted by Crippen LogP contribution is -2.45. The zero-order chi connectivity index (χ0) is 14.3. The van der Waals surface area contributed by atoms with Gasteiger partial charge in [0.1, 0.15) is 11.6 Å². The van der Waals surface area contributed by atoms with Crippen molar-refractivity contribution in [3.05, 3.63) is 0 Å². The van der Waals surface area contributed by atoms with E-state index < -0.39 is 23.7 Å². The number of thiocarbonyl (C=S) groups is 1. The molecule has 0 aliphatic rings. The van der Waals surface area contributed by atoms with Crippen LogP contribution in [0.15, 0.2) is 0 Å². The van der Waals surface area contributed by atoms with Crippen molar-refractivity contribution in [1.29, 1.82) is 0 Å². The van der Waals surface area contributed by atoms with Gasteiger partial charge in [0.25, 0.3) is 0 Å². The lowest BCUT2D eigenvalue weighted by molar-refractivity contribution is -0.139. The summed E-state index contributed by atoms with van der Waals surface area (Å²) in [5.74, 6) is -1.15. The fourth-order valence-corrected chi connectivity index (χ4v) is 1.15. The molecule has 0 saturated heterocycles. The van der Waals surface area contributed by atoms with Gasteiger partial charge in [0.2, 0.25) is 0 Å². The van der Waals surface area contributed by atoms with Gasteiger partial charge in [-0.2, -0.15) is 0 Å². The summed E-state index contributed by atoms with van der Waals surface area (Å²) < 4.78 is 4.96. The van der Waals surface area contributed by atoms with Crippen LogP contribution in [-0.2, 0) is 9.53 Å². The molecular formula is C10H19N3O4S. The third-order valence-corrected chi connectivity index (χ3v) is 1.87. The number of alkyl carbamates (subject to hydrolysis) is 1. The predicted octanol–water partition coefficient (Wildman–Crippen LogP) is 0.188. The number of carboxylic acid groups (broad SMARTS) is 1. The Kier molecular flexibility index (Phi) is 6.39. The van der Waals surface area contributed by atoms with Crippen LogP contribution >= 0.6 is 12.2 Å². The Morgan fingerprint density at radius 3 is 2.39 bits per heavy atom. The SMILES string of the molecule is CC(C)(C)OC(=O)NC(CCNC(N)=S)C(=O)O. The number of ether oxygens (including phenoxy) is 1. The zero-order valence-electron chi connectivity index (χ0n) is 10.6. The molecule has 0 aromatic heterocycles. The minimum Gasteiger partial charge on any atom is -0.480 e. The second-order valence-electron chi connectivity index (χ2n) is 4.62. The van der Waals surface area contributed by atoms with Gasteiger partial charge in [-0.05, 0) is 39.4 Å². The molecule has 0 rings (SSSR count). The number of nitrogens with two attached hydrogens (primary N) is 1. The highest BCUT2D eigenvalue weighted by Crippen LogP contribution is 2.07. The van der Waals surface area contributed by atoms with Crippen molar-refractivity contribution in [3.63, 3.8) is 0 Å². The standard InChI is InChI=1S/C10H19N3O4S/c1-10(2,3)17-9(16)13-6(7(14)15)4-5-12-8(11)18/h6H,4-5H2,1-3H3,(H,13,16)(H,14,15)(H3,11,12,18). The second-order valence-corrected chi connectivity index (χ2v) is 5.06. The van der Waals surface area contributed by atoms with Crippen LogP contribution in [0.2, 0.25) is 0 Å². The Morgan fingerprint density at radius 2 is 2.00 bits per heavy atom. The Labute approximate surface area is 111 Å². The Bertz CT molecular complexity index is 328. The Hall–Kier alpha value is -1.57. The molecular weight excluding hydrogens is 258 g/mol. The molecule has 0 radical (unpaired) electrons. The molecule has 0 aromatic carbocycles. The largest absolute Gasteiger partial charge is 0.480 e. The summed E-state index contributed by atoms with van der Waals surface area (Å²) in [7, 11) is 0. The molecule has 0 fully saturated rings. The van der Waals surface area contributed by atoms with Crippen LogP contribution in [0.5, 0.6) is 0 Å². The molecule has 0 bridgehead atoms. The molecule has 0 aromatic rings. The average Bonchev–Trinajstić information content (AvgIpc) is 2.12. The molecule has 104 valence electrons. The molecule has 0 aliphatic carbocycles. The van der Waals surface area contributed by atoms with Gasteiger partial charge in [0.05, 0.1) is 0 Å². The quantitative estimate of drug-likeness (QED) is 0.530. The molecule has 1 atom stereocenters. The van der Waals surface area contributed by atoms with E-state index in [1.54, 1.807) is 20.8 Å². The normalized spacial score (nSPS) is 12.4. The smallest absolute Gasteiger partial charge is 0.408 e. The summed E-state index contributed by atoms with van der Waals surface area (Å²) in [6.07, 6.45) is -0.628. The number of carbonyl (C=O) groups excluding carboxylic acids is 1. The van der Waals surface area contributed by atoms with E-state index in [4.69, 9.17) is 15.6 Å². The third-order valence-electron chi connectivity index (χ3n) is 1.72. The summed E-state index contributed by atoms with van der Waals surface area (Å²) in [5, 5.41) is 13.9. The zero-order valence-corrected chi connectivity index (χ0v) is 11.5. The van der Waals surface area contributed by atoms with E-state index in [-0.39, 0.29) is 18.1 Å². The number of carboxylic acids is 1. The summed E-state index contributed by atoms with van der Waals surface area (Å²) in [4.78, 5) is 22.3. The van der Waals surface area contributed by atoms with Crippen LogP contribution in [0.3, 0.4) is 0 Å². The first-order valence-electron chi connectivity index (χ1n) is 5.37. The molecule has 5 N–H and O–H groups in total. The van der Waals surface area contributed by atoms with E-state index in [0.717, 1.165) is 0 Å². The molecule has 1 amide bonds. The van der Waals surface area contributed by atoms with Crippen molar-refractivity contribution in [1.82, 2.24) is 10.6 Å². The summed E-state index contributed by atoms with van der Waals surface area (Å²) in [6.45, 7) is 5.33. The Morgan fingerprint density at radius 1 is 1.44 bits per heavy atom. The maximum absolute atomic E-state index is 11.4. The maximum atomic E-state index is 11.4. The van der Waals surface area contributed by atoms with Gasteiger partial charge in [-0.1, -0.05) is 0 Å². The average molecular weight is 277 g/mol. The lowest BCUT2D eigenvalue weighted by Gasteiger charge is -2.22. The van der Waals surface area contributed by atoms with Crippen molar-refractivity contribution in [2.45, 2.75) is 38.8 Å². The first kappa shape index (κ1) is 16.4. The third kappa shape index (κ3) is 8.57. The maximum Gasteiger partial charge on any atom is 0.408 e. The van der Waals surface area contributed by atoms with Crippen LogP contribution in [0.4, 0.5) is 4.79 Å². The highest BCUT2D eigenvalue weighted by Gasteiger charge is 2.23. The number of nitrogens with one attached hydrogen (secondary N) is 2. The topological polar surface area (TPSA) is 114 Å². The van der Waals surface area contributed by atoms with Crippen LogP contribution in [0, 0.1) is 0 Å². The van der Waals surface area contributed by atoms with Crippen LogP contribution in [-0.4, -0.2) is 40.5 Å². The molecule has 18 heavy (non-hydrogen) atoms. The Balaban J connectivity index is 4.23. The van der Waals surface area contributed by atoms with Gasteiger partial charge < -0.3 is 26.2 Å². The van der Waals surface area contributed by atoms with Gasteiger partial charge in [-0.15, -0.1) is 0 Å². The van der Waals surface area contributed by atoms with Crippen molar-refractivity contribution in [2.75, 3.05) is 6.54 Å². The van der Waals surface area contributed by atoms with E-state index in [2.05, 4.69) is 22.9 Å². The van der Waals surface area contributed by atoms with Crippen LogP contribution < -0.4 is 16.4 Å². The molecule has 8 heteroatoms. The summed E-state index contributed by atoms with van der Waals surface area (Å²) in [6, 6.07) is -1.05. The fraction of sp³-hybridized carbons (Fsp3) is 0.700. The highest BCUT2D eigenvalue weighted by atomic mass is 32.1. The van der Waals surface area contributed by atoms with Crippen molar-refractivity contribution >= 4 is 29.4 Å². The number of hydrogen-bond donors (Lipinski definition) is 4. The van der Waals surface area contributed by atoms with E-state index in [9.17, 15) is 9.59 Å². The molecule has 0 spiro atoms. The molecule has 0 saturated carbocycles. The van der Waals surface area contributed by atoms with Gasteiger partial charge in [0, 0.05) is 6.54 Å². The number of rotatable bonds is 5. The van der Waals surface area contributed by atoms with Crippen molar-refractivity contribution in [3.8, 4) is 0 Å². The van der Waals surface area contributed by atoms with E-state index in [0.29, 0.717) is 0 Å². The van der Waals surface area contributed by atoms with Gasteiger partial charge in [0.15, 0.2) is 5.11 Å². The van der Waals surface area contributed by atoms with E-state index in [1.165, 1.54) is 0 Å². The number of aliphatic carboxylic acids is 1. The van der Waals surface area contributed by atoms with Gasteiger partial charge in [-0.25, -0.2) is 9.59 Å². The number of hydrogen-bond acceptors (Lipinski definition) is 4. The van der Waals surface area contributed by atoms with Crippen LogP contribution in [0.1, 0.15) is 27.2 Å². The van der Waals surface area contributed by atoms with Crippen molar-refractivity contribution in [2.24, 2.45) is 5.73 Å². The predicted molar refractivity (Wildman–Crippen MR) is 70.2 cm³/mol. The minimum absolute atomic E-state index is 0.0800. The summed E-state index contributed by atoms with van der Waals surface area (Å²) in [5.41, 5.74) is 4.52. The number of amides is 1. The molecule has 0 heterocycles. The first-order valence-corrected chi connectivity index (χ1v) is 5.78. The number of carbonyl (C=O) groups is 2. The summed E-state index contributed by atoms with van der Waals surface area (Å²) >= 11 is 4.58. The van der Waals surface area contributed by atoms with Gasteiger partial charge >= 0.3 is 12.1 Å². The second kappa shape index (κ2) is 7.00.